The SMILES string of the molecule is O=[N+]([O-])c1ccc(CN2CC3CN(S(=O)(=O)c4ccc(C(F)(F)F)cc4)CC3C2)o1. The predicted molar refractivity (Wildman–Crippen MR) is 97.8 cm³/mol. The Balaban J connectivity index is 1.39. The summed E-state index contributed by atoms with van der Waals surface area (Å²) >= 11 is 0. The highest BCUT2D eigenvalue weighted by Gasteiger charge is 2.44. The first-order chi connectivity index (χ1) is 14.0. The van der Waals surface area contributed by atoms with Crippen LogP contribution >= 0.6 is 0 Å². The van der Waals surface area contributed by atoms with E-state index >= 15 is 0 Å². The molecule has 1 aromatic carbocycles. The molecule has 0 aliphatic carbocycles. The molecule has 0 spiro atoms. The summed E-state index contributed by atoms with van der Waals surface area (Å²) in [6.07, 6.45) is -4.52. The van der Waals surface area contributed by atoms with Crippen LogP contribution in [0.25, 0.3) is 0 Å². The van der Waals surface area contributed by atoms with Crippen LogP contribution in [0, 0.1) is 22.0 Å². The van der Waals surface area contributed by atoms with Crippen LogP contribution in [-0.4, -0.2) is 48.7 Å². The molecule has 8 nitrogen and oxygen atoms in total. The molecule has 0 radical (unpaired) electrons. The summed E-state index contributed by atoms with van der Waals surface area (Å²) in [5.41, 5.74) is -0.895. The summed E-state index contributed by atoms with van der Waals surface area (Å²) < 4.78 is 70.2. The number of furan rings is 1. The monoisotopic (exact) mass is 445 g/mol. The highest BCUT2D eigenvalue weighted by Crippen LogP contribution is 2.36. The lowest BCUT2D eigenvalue weighted by Gasteiger charge is -2.21. The summed E-state index contributed by atoms with van der Waals surface area (Å²) in [6, 6.07) is 6.37. The number of rotatable bonds is 5. The molecular weight excluding hydrogens is 427 g/mol. The van der Waals surface area contributed by atoms with Gasteiger partial charge in [0.2, 0.25) is 10.0 Å². The highest BCUT2D eigenvalue weighted by molar-refractivity contribution is 7.89. The number of fused-ring (bicyclic) bond motifs is 1. The third-order valence-electron chi connectivity index (χ3n) is 5.55. The third-order valence-corrected chi connectivity index (χ3v) is 7.40. The molecule has 0 saturated carbocycles. The number of nitro groups is 1. The lowest BCUT2D eigenvalue weighted by atomic mass is 10.0. The topological polar surface area (TPSA) is 96.9 Å². The fourth-order valence-corrected chi connectivity index (χ4v) is 5.66. The Morgan fingerprint density at radius 2 is 1.63 bits per heavy atom. The van der Waals surface area contributed by atoms with Gasteiger partial charge in [0.15, 0.2) is 0 Å². The van der Waals surface area contributed by atoms with Crippen LogP contribution in [0.15, 0.2) is 45.7 Å². The molecule has 162 valence electrons. The second-order valence-electron chi connectivity index (χ2n) is 7.56. The first kappa shape index (κ1) is 20.8. The maximum absolute atomic E-state index is 12.8. The summed E-state index contributed by atoms with van der Waals surface area (Å²) in [7, 11) is -3.87. The molecule has 2 saturated heterocycles. The summed E-state index contributed by atoms with van der Waals surface area (Å²) in [6.45, 7) is 2.18. The number of alkyl halides is 3. The first-order valence-corrected chi connectivity index (χ1v) is 10.6. The Bertz CT molecular complexity index is 1040. The zero-order valence-corrected chi connectivity index (χ0v) is 16.4. The maximum atomic E-state index is 12.8. The Hall–Kier alpha value is -2.44. The van der Waals surface area contributed by atoms with Gasteiger partial charge in [0.05, 0.1) is 23.1 Å². The van der Waals surface area contributed by atoms with E-state index in [2.05, 4.69) is 4.90 Å². The second kappa shape index (κ2) is 7.36. The highest BCUT2D eigenvalue weighted by atomic mass is 32.2. The zero-order valence-electron chi connectivity index (χ0n) is 15.6. The standard InChI is InChI=1S/C18H18F3N3O5S/c19-18(20,21)14-1-4-16(5-2-14)30(27,28)23-9-12-7-22(8-13(12)10-23)11-15-3-6-17(29-15)24(25)26/h1-6,12-13H,7-11H2. The normalized spacial score (nSPS) is 23.0. The molecule has 2 aromatic rings. The van der Waals surface area contributed by atoms with Crippen LogP contribution in [-0.2, 0) is 22.7 Å². The van der Waals surface area contributed by atoms with Crippen molar-refractivity contribution in [1.29, 1.82) is 0 Å². The minimum atomic E-state index is -4.52. The molecule has 2 unspecified atom stereocenters. The Labute approximate surface area is 170 Å². The van der Waals surface area contributed by atoms with Crippen LogP contribution in [0.2, 0.25) is 0 Å². The Morgan fingerprint density at radius 3 is 2.13 bits per heavy atom. The Kier molecular flexibility index (Phi) is 5.11. The van der Waals surface area contributed by atoms with Crippen molar-refractivity contribution in [3.8, 4) is 0 Å². The van der Waals surface area contributed by atoms with E-state index in [0.29, 0.717) is 25.4 Å². The van der Waals surface area contributed by atoms with Crippen molar-refractivity contribution in [2.24, 2.45) is 11.8 Å². The van der Waals surface area contributed by atoms with E-state index in [0.717, 1.165) is 24.3 Å². The fourth-order valence-electron chi connectivity index (χ4n) is 4.11. The van der Waals surface area contributed by atoms with Crippen molar-refractivity contribution in [2.45, 2.75) is 17.6 Å². The number of hydrogen-bond donors (Lipinski definition) is 0. The molecular formula is C18H18F3N3O5S. The molecule has 1 aromatic heterocycles. The summed E-state index contributed by atoms with van der Waals surface area (Å²) in [5, 5.41) is 10.7. The molecule has 0 bridgehead atoms. The van der Waals surface area contributed by atoms with Crippen molar-refractivity contribution >= 4 is 15.9 Å². The molecule has 12 heteroatoms. The van der Waals surface area contributed by atoms with Gasteiger partial charge in [-0.2, -0.15) is 17.5 Å². The van der Waals surface area contributed by atoms with E-state index < -0.39 is 26.7 Å². The van der Waals surface area contributed by atoms with E-state index in [9.17, 15) is 31.7 Å². The third kappa shape index (κ3) is 3.94. The molecule has 2 aliphatic heterocycles. The van der Waals surface area contributed by atoms with Crippen molar-refractivity contribution < 1.29 is 30.9 Å². The number of hydrogen-bond acceptors (Lipinski definition) is 6. The molecule has 0 N–H and O–H groups in total. The van der Waals surface area contributed by atoms with Gasteiger partial charge < -0.3 is 4.42 Å². The van der Waals surface area contributed by atoms with Crippen molar-refractivity contribution in [3.05, 3.63) is 57.8 Å². The van der Waals surface area contributed by atoms with Crippen molar-refractivity contribution in [2.75, 3.05) is 26.2 Å². The average molecular weight is 445 g/mol. The number of halogens is 3. The molecule has 0 amide bonds. The number of likely N-dealkylation sites (tertiary alicyclic amines) is 1. The van der Waals surface area contributed by atoms with Crippen LogP contribution in [0.5, 0.6) is 0 Å². The molecule has 2 fully saturated rings. The molecule has 2 atom stereocenters. The van der Waals surface area contributed by atoms with Gasteiger partial charge in [-0.25, -0.2) is 8.42 Å². The lowest BCUT2D eigenvalue weighted by molar-refractivity contribution is -0.402. The number of benzene rings is 1. The van der Waals surface area contributed by atoms with Crippen LogP contribution in [0.1, 0.15) is 11.3 Å². The van der Waals surface area contributed by atoms with Crippen LogP contribution in [0.3, 0.4) is 0 Å². The van der Waals surface area contributed by atoms with Gasteiger partial charge in [-0.1, -0.05) is 0 Å². The minimum Gasteiger partial charge on any atom is -0.404 e. The van der Waals surface area contributed by atoms with Crippen molar-refractivity contribution in [1.82, 2.24) is 9.21 Å². The second-order valence-corrected chi connectivity index (χ2v) is 9.49. The number of sulfonamides is 1. The molecule has 3 heterocycles. The summed E-state index contributed by atoms with van der Waals surface area (Å²) in [4.78, 5) is 12.0. The zero-order chi connectivity index (χ0) is 21.7. The average Bonchev–Trinajstić information content (AvgIpc) is 3.36. The fraction of sp³-hybridized carbons (Fsp3) is 0.444. The van der Waals surface area contributed by atoms with Crippen LogP contribution < -0.4 is 0 Å². The van der Waals surface area contributed by atoms with Crippen molar-refractivity contribution in [3.63, 3.8) is 0 Å². The predicted octanol–water partition coefficient (Wildman–Crippen LogP) is 2.96. The summed E-state index contributed by atoms with van der Waals surface area (Å²) in [5.74, 6) is 0.312. The number of nitrogens with zero attached hydrogens (tertiary/aromatic N) is 3. The van der Waals surface area contributed by atoms with E-state index in [1.807, 2.05) is 0 Å². The Morgan fingerprint density at radius 1 is 1.03 bits per heavy atom. The molecule has 2 aliphatic rings. The maximum Gasteiger partial charge on any atom is 0.433 e. The largest absolute Gasteiger partial charge is 0.433 e. The van der Waals surface area contributed by atoms with E-state index in [1.165, 1.54) is 10.4 Å². The smallest absolute Gasteiger partial charge is 0.404 e. The lowest BCUT2D eigenvalue weighted by Crippen LogP contribution is -2.33. The van der Waals surface area contributed by atoms with E-state index in [4.69, 9.17) is 4.42 Å². The van der Waals surface area contributed by atoms with Crippen LogP contribution in [0.4, 0.5) is 19.1 Å². The minimum absolute atomic E-state index is 0.0826. The van der Waals surface area contributed by atoms with E-state index in [1.54, 1.807) is 6.07 Å². The van der Waals surface area contributed by atoms with Gasteiger partial charge in [0.25, 0.3) is 0 Å². The first-order valence-electron chi connectivity index (χ1n) is 9.17. The van der Waals surface area contributed by atoms with Gasteiger partial charge in [-0.15, -0.1) is 0 Å². The molecule has 4 rings (SSSR count). The van der Waals surface area contributed by atoms with E-state index in [-0.39, 0.29) is 35.7 Å². The van der Waals surface area contributed by atoms with Gasteiger partial charge in [0.1, 0.15) is 10.7 Å². The van der Waals surface area contributed by atoms with Gasteiger partial charge in [-0.05, 0) is 42.2 Å². The van der Waals surface area contributed by atoms with Gasteiger partial charge in [-0.3, -0.25) is 15.0 Å². The van der Waals surface area contributed by atoms with Gasteiger partial charge in [0, 0.05) is 26.2 Å². The van der Waals surface area contributed by atoms with Gasteiger partial charge >= 0.3 is 12.1 Å². The molecule has 30 heavy (non-hydrogen) atoms. The quantitative estimate of drug-likeness (QED) is 0.519.